The minimum Gasteiger partial charge on any atom is -0.374 e. The smallest absolute Gasteiger partial charge is 0.0629 e. The van der Waals surface area contributed by atoms with Gasteiger partial charge in [-0.3, -0.25) is 4.90 Å². The summed E-state index contributed by atoms with van der Waals surface area (Å²) < 4.78 is 5.88. The van der Waals surface area contributed by atoms with Crippen molar-refractivity contribution in [3.8, 4) is 0 Å². The Morgan fingerprint density at radius 2 is 2.00 bits per heavy atom. The molecule has 2 unspecified atom stereocenters. The van der Waals surface area contributed by atoms with Crippen LogP contribution in [0.4, 0.5) is 0 Å². The molecule has 0 N–H and O–H groups in total. The number of hydrogen-bond acceptors (Lipinski definition) is 2. The molecule has 2 aliphatic rings. The zero-order chi connectivity index (χ0) is 10.2. The van der Waals surface area contributed by atoms with E-state index in [0.29, 0.717) is 6.04 Å². The summed E-state index contributed by atoms with van der Waals surface area (Å²) in [5.74, 6) is 0. The van der Waals surface area contributed by atoms with Crippen LogP contribution in [0.5, 0.6) is 0 Å². The topological polar surface area (TPSA) is 12.5 Å². The van der Waals surface area contributed by atoms with E-state index in [9.17, 15) is 0 Å². The van der Waals surface area contributed by atoms with Gasteiger partial charge in [0.1, 0.15) is 0 Å². The molecule has 2 nitrogen and oxygen atoms in total. The van der Waals surface area contributed by atoms with Crippen LogP contribution in [0.1, 0.15) is 46.5 Å². The molecule has 0 aliphatic carbocycles. The van der Waals surface area contributed by atoms with Gasteiger partial charge >= 0.3 is 0 Å². The third-order valence-electron chi connectivity index (χ3n) is 3.43. The molecule has 0 bridgehead atoms. The van der Waals surface area contributed by atoms with Crippen LogP contribution in [0, 0.1) is 0 Å². The van der Waals surface area contributed by atoms with Crippen molar-refractivity contribution >= 4 is 0 Å². The van der Waals surface area contributed by atoms with Crippen molar-refractivity contribution in [2.45, 2.75) is 64.1 Å². The molecule has 2 rings (SSSR count). The van der Waals surface area contributed by atoms with Gasteiger partial charge in [-0.15, -0.1) is 0 Å². The minimum atomic E-state index is 0.0256. The fourth-order valence-electron chi connectivity index (χ4n) is 2.72. The quantitative estimate of drug-likeness (QED) is 0.674. The molecule has 0 aromatic carbocycles. The molecule has 0 saturated carbocycles. The van der Waals surface area contributed by atoms with Crippen LogP contribution >= 0.6 is 0 Å². The molecular formula is C12H23NO. The first-order chi connectivity index (χ1) is 6.56. The van der Waals surface area contributed by atoms with Gasteiger partial charge in [-0.2, -0.15) is 0 Å². The molecule has 2 heterocycles. The SMILES string of the molecule is CC(C)(C)OCC1CCC2CCCN21. The molecule has 0 aromatic heterocycles. The molecule has 14 heavy (non-hydrogen) atoms. The molecule has 2 saturated heterocycles. The van der Waals surface area contributed by atoms with E-state index in [4.69, 9.17) is 4.74 Å². The van der Waals surface area contributed by atoms with E-state index in [1.807, 2.05) is 0 Å². The maximum Gasteiger partial charge on any atom is 0.0629 e. The first-order valence-corrected chi connectivity index (χ1v) is 5.96. The van der Waals surface area contributed by atoms with E-state index in [-0.39, 0.29) is 5.60 Å². The Morgan fingerprint density at radius 3 is 2.71 bits per heavy atom. The number of fused-ring (bicyclic) bond motifs is 1. The second-order valence-corrected chi connectivity index (χ2v) is 5.69. The lowest BCUT2D eigenvalue weighted by atomic mass is 10.1. The van der Waals surface area contributed by atoms with Gasteiger partial charge in [-0.05, 0) is 53.0 Å². The van der Waals surface area contributed by atoms with Gasteiger partial charge in [0.25, 0.3) is 0 Å². The first kappa shape index (κ1) is 10.4. The van der Waals surface area contributed by atoms with Crippen LogP contribution in [0.25, 0.3) is 0 Å². The van der Waals surface area contributed by atoms with Crippen molar-refractivity contribution < 1.29 is 4.74 Å². The fraction of sp³-hybridized carbons (Fsp3) is 1.00. The molecule has 2 atom stereocenters. The lowest BCUT2D eigenvalue weighted by Gasteiger charge is -2.27. The van der Waals surface area contributed by atoms with Crippen molar-refractivity contribution in [2.24, 2.45) is 0 Å². The predicted molar refractivity (Wildman–Crippen MR) is 58.5 cm³/mol. The molecule has 0 amide bonds. The van der Waals surface area contributed by atoms with Gasteiger partial charge in [-0.1, -0.05) is 0 Å². The third-order valence-corrected chi connectivity index (χ3v) is 3.43. The summed E-state index contributed by atoms with van der Waals surface area (Å²) in [6.45, 7) is 8.67. The summed E-state index contributed by atoms with van der Waals surface area (Å²) in [5, 5.41) is 0. The van der Waals surface area contributed by atoms with Crippen molar-refractivity contribution in [1.29, 1.82) is 0 Å². The van der Waals surface area contributed by atoms with Gasteiger partial charge in [0, 0.05) is 12.1 Å². The molecule has 82 valence electrons. The predicted octanol–water partition coefficient (Wildman–Crippen LogP) is 2.43. The van der Waals surface area contributed by atoms with Gasteiger partial charge in [0.05, 0.1) is 12.2 Å². The maximum absolute atomic E-state index is 5.88. The molecule has 2 aliphatic heterocycles. The van der Waals surface area contributed by atoms with E-state index in [0.717, 1.165) is 12.6 Å². The zero-order valence-electron chi connectivity index (χ0n) is 9.75. The highest BCUT2D eigenvalue weighted by Gasteiger charge is 2.36. The van der Waals surface area contributed by atoms with Crippen LogP contribution in [0.2, 0.25) is 0 Å². The number of hydrogen-bond donors (Lipinski definition) is 0. The average molecular weight is 197 g/mol. The summed E-state index contributed by atoms with van der Waals surface area (Å²) >= 11 is 0. The van der Waals surface area contributed by atoms with Gasteiger partial charge in [0.15, 0.2) is 0 Å². The van der Waals surface area contributed by atoms with Gasteiger partial charge in [0.2, 0.25) is 0 Å². The van der Waals surface area contributed by atoms with E-state index >= 15 is 0 Å². The zero-order valence-corrected chi connectivity index (χ0v) is 9.75. The lowest BCUT2D eigenvalue weighted by molar-refractivity contribution is -0.0286. The van der Waals surface area contributed by atoms with Crippen LogP contribution in [-0.4, -0.2) is 35.7 Å². The Morgan fingerprint density at radius 1 is 1.21 bits per heavy atom. The molecule has 0 radical (unpaired) electrons. The lowest BCUT2D eigenvalue weighted by Crippen LogP contribution is -2.37. The van der Waals surface area contributed by atoms with Crippen molar-refractivity contribution in [3.63, 3.8) is 0 Å². The van der Waals surface area contributed by atoms with Crippen LogP contribution < -0.4 is 0 Å². The van der Waals surface area contributed by atoms with E-state index in [2.05, 4.69) is 25.7 Å². The summed E-state index contributed by atoms with van der Waals surface area (Å²) in [6.07, 6.45) is 5.57. The highest BCUT2D eigenvalue weighted by Crippen LogP contribution is 2.32. The largest absolute Gasteiger partial charge is 0.374 e. The normalized spacial score (nSPS) is 33.6. The maximum atomic E-state index is 5.88. The summed E-state index contributed by atoms with van der Waals surface area (Å²) in [6, 6.07) is 1.60. The minimum absolute atomic E-state index is 0.0256. The number of ether oxygens (including phenoxy) is 1. The number of rotatable bonds is 2. The van der Waals surface area contributed by atoms with Crippen molar-refractivity contribution in [1.82, 2.24) is 4.90 Å². The van der Waals surface area contributed by atoms with E-state index in [1.165, 1.54) is 32.2 Å². The Hall–Kier alpha value is -0.0800. The summed E-state index contributed by atoms with van der Waals surface area (Å²) in [7, 11) is 0. The highest BCUT2D eigenvalue weighted by molar-refractivity contribution is 4.91. The second-order valence-electron chi connectivity index (χ2n) is 5.69. The summed E-state index contributed by atoms with van der Waals surface area (Å²) in [4.78, 5) is 2.67. The highest BCUT2D eigenvalue weighted by atomic mass is 16.5. The Kier molecular flexibility index (Phi) is 2.85. The first-order valence-electron chi connectivity index (χ1n) is 5.96. The Labute approximate surface area is 87.6 Å². The number of nitrogens with zero attached hydrogens (tertiary/aromatic N) is 1. The molecule has 2 fully saturated rings. The molecular weight excluding hydrogens is 174 g/mol. The molecule has 0 aromatic rings. The van der Waals surface area contributed by atoms with Crippen molar-refractivity contribution in [3.05, 3.63) is 0 Å². The molecule has 2 heteroatoms. The second kappa shape index (κ2) is 3.82. The van der Waals surface area contributed by atoms with Crippen LogP contribution in [-0.2, 0) is 4.74 Å². The Bertz CT molecular complexity index is 197. The van der Waals surface area contributed by atoms with Gasteiger partial charge < -0.3 is 4.74 Å². The third kappa shape index (κ3) is 2.29. The summed E-state index contributed by atoms with van der Waals surface area (Å²) in [5.41, 5.74) is 0.0256. The fourth-order valence-corrected chi connectivity index (χ4v) is 2.72. The van der Waals surface area contributed by atoms with E-state index in [1.54, 1.807) is 0 Å². The standard InChI is InChI=1S/C12H23NO/c1-12(2,3)14-9-11-7-6-10-5-4-8-13(10)11/h10-11H,4-9H2,1-3H3. The van der Waals surface area contributed by atoms with Gasteiger partial charge in [-0.25, -0.2) is 0 Å². The van der Waals surface area contributed by atoms with E-state index < -0.39 is 0 Å². The monoisotopic (exact) mass is 197 g/mol. The van der Waals surface area contributed by atoms with Crippen LogP contribution in [0.15, 0.2) is 0 Å². The Balaban J connectivity index is 1.81. The average Bonchev–Trinajstić information content (AvgIpc) is 2.59. The van der Waals surface area contributed by atoms with Crippen LogP contribution in [0.3, 0.4) is 0 Å². The van der Waals surface area contributed by atoms with Crippen molar-refractivity contribution in [2.75, 3.05) is 13.2 Å². The molecule has 0 spiro atoms.